The van der Waals surface area contributed by atoms with Gasteiger partial charge in [0.15, 0.2) is 5.52 Å². The largest absolute Gasteiger partial charge is 0.481 e. The Balaban J connectivity index is 0.00000160. The molecule has 2 N–H and O–H groups in total. The molecule has 4 rings (SSSR count). The number of aryl methyl sites for hydroxylation is 3. The molecule has 30 heavy (non-hydrogen) atoms. The van der Waals surface area contributed by atoms with E-state index in [0.29, 0.717) is 43.0 Å². The third-order valence-electron chi connectivity index (χ3n) is 5.99. The Hall–Kier alpha value is -1.46. The van der Waals surface area contributed by atoms with Gasteiger partial charge >= 0.3 is 11.7 Å². The van der Waals surface area contributed by atoms with E-state index in [0.717, 1.165) is 31.8 Å². The lowest BCUT2D eigenvalue weighted by molar-refractivity contribution is -0.137. The second-order valence-electron chi connectivity index (χ2n) is 7.83. The van der Waals surface area contributed by atoms with Crippen molar-refractivity contribution in [3.05, 3.63) is 26.7 Å². The Morgan fingerprint density at radius 2 is 1.80 bits per heavy atom. The van der Waals surface area contributed by atoms with Gasteiger partial charge in [0.05, 0.1) is 0 Å². The first-order valence-electron chi connectivity index (χ1n) is 10.2. The summed E-state index contributed by atoms with van der Waals surface area (Å²) in [7, 11) is 0. The van der Waals surface area contributed by atoms with Crippen LogP contribution in [0.4, 0.5) is 0 Å². The summed E-state index contributed by atoms with van der Waals surface area (Å²) in [6, 6.07) is 0. The molecule has 0 spiro atoms. The van der Waals surface area contributed by atoms with Crippen LogP contribution in [0.15, 0.2) is 9.59 Å². The van der Waals surface area contributed by atoms with Crippen molar-refractivity contribution >= 4 is 51.1 Å². The van der Waals surface area contributed by atoms with Crippen LogP contribution in [0.25, 0.3) is 11.2 Å². The molecule has 0 radical (unpaired) electrons. The van der Waals surface area contributed by atoms with Gasteiger partial charge in [-0.1, -0.05) is 0 Å². The zero-order chi connectivity index (χ0) is 19.7. The smallest absolute Gasteiger partial charge is 0.332 e. The summed E-state index contributed by atoms with van der Waals surface area (Å²) in [4.78, 5) is 40.9. The molecule has 9 nitrogen and oxygen atoms in total. The van der Waals surface area contributed by atoms with Crippen molar-refractivity contribution in [2.45, 2.75) is 64.6 Å². The minimum absolute atomic E-state index is 0. The second kappa shape index (κ2) is 10.7. The number of hydrogen-bond donors (Lipinski definition) is 2. The second-order valence-corrected chi connectivity index (χ2v) is 7.83. The number of unbranched alkanes of at least 4 members (excludes halogenated alkanes) is 1. The van der Waals surface area contributed by atoms with Crippen LogP contribution in [0.1, 0.15) is 44.3 Å². The molecule has 0 saturated carbocycles. The Labute approximate surface area is 195 Å². The van der Waals surface area contributed by atoms with Crippen molar-refractivity contribution in [3.63, 3.8) is 0 Å². The van der Waals surface area contributed by atoms with Crippen LogP contribution >= 0.6 is 34.0 Å². The standard InChI is InChI=1S/C19H27N5O4.2BrH/c25-15(26)3-1-2-10-24-18(27)16-17-22(11-12-23(17)19(24)28)14(21-16)5-4-13-6-8-20-9-7-13;;/h13,20H,1-12H2,(H,25,26);2*1H. The number of nitrogens with one attached hydrogen (secondary N) is 1. The van der Waals surface area contributed by atoms with Gasteiger partial charge in [0.1, 0.15) is 11.5 Å². The molecule has 4 heterocycles. The SMILES string of the molecule is Br.Br.O=C(O)CCCCn1c(=O)c2nc(CCC3CCNCC3)n3c2n(c1=O)CC3. The molecule has 0 unspecified atom stereocenters. The first-order chi connectivity index (χ1) is 13.6. The van der Waals surface area contributed by atoms with Gasteiger partial charge in [-0.3, -0.25) is 18.7 Å². The van der Waals surface area contributed by atoms with E-state index in [1.54, 1.807) is 4.57 Å². The number of carboxylic acid groups (broad SMARTS) is 1. The molecule has 0 amide bonds. The fourth-order valence-electron chi connectivity index (χ4n) is 4.43. The summed E-state index contributed by atoms with van der Waals surface area (Å²) in [5.41, 5.74) is 0.361. The monoisotopic (exact) mass is 549 g/mol. The Bertz CT molecular complexity index is 1010. The number of aromatic nitrogens is 4. The minimum atomic E-state index is -0.866. The van der Waals surface area contributed by atoms with Gasteiger partial charge in [-0.2, -0.15) is 0 Å². The van der Waals surface area contributed by atoms with Crippen molar-refractivity contribution in [1.82, 2.24) is 24.0 Å². The van der Waals surface area contributed by atoms with Crippen LogP contribution < -0.4 is 16.6 Å². The van der Waals surface area contributed by atoms with E-state index in [1.165, 1.54) is 17.4 Å². The zero-order valence-electron chi connectivity index (χ0n) is 16.8. The molecule has 0 bridgehead atoms. The molecular weight excluding hydrogens is 522 g/mol. The maximum atomic E-state index is 12.9. The lowest BCUT2D eigenvalue weighted by Crippen LogP contribution is -2.39. The van der Waals surface area contributed by atoms with Crippen LogP contribution in [0.5, 0.6) is 0 Å². The Morgan fingerprint density at radius 3 is 2.50 bits per heavy atom. The number of imidazole rings is 1. The molecule has 1 fully saturated rings. The fraction of sp³-hybridized carbons (Fsp3) is 0.684. The van der Waals surface area contributed by atoms with Crippen LogP contribution in [-0.2, 0) is 30.8 Å². The minimum Gasteiger partial charge on any atom is -0.481 e. The van der Waals surface area contributed by atoms with Crippen molar-refractivity contribution in [2.75, 3.05) is 13.1 Å². The number of hydrogen-bond acceptors (Lipinski definition) is 5. The van der Waals surface area contributed by atoms with Gasteiger partial charge in [-0.05, 0) is 51.1 Å². The normalized spacial score (nSPS) is 15.7. The molecule has 2 aliphatic heterocycles. The van der Waals surface area contributed by atoms with E-state index in [9.17, 15) is 14.4 Å². The average Bonchev–Trinajstić information content (AvgIpc) is 3.27. The topological polar surface area (TPSA) is 111 Å². The van der Waals surface area contributed by atoms with Gasteiger partial charge in [0.2, 0.25) is 0 Å². The van der Waals surface area contributed by atoms with E-state index >= 15 is 0 Å². The lowest BCUT2D eigenvalue weighted by Gasteiger charge is -2.22. The predicted octanol–water partition coefficient (Wildman–Crippen LogP) is 1.72. The van der Waals surface area contributed by atoms with Crippen molar-refractivity contribution < 1.29 is 9.90 Å². The Morgan fingerprint density at radius 1 is 1.10 bits per heavy atom. The summed E-state index contributed by atoms with van der Waals surface area (Å²) in [5.74, 6) is 0.721. The maximum absolute atomic E-state index is 12.9. The number of aliphatic carboxylic acids is 1. The molecule has 0 aromatic carbocycles. The molecule has 168 valence electrons. The zero-order valence-corrected chi connectivity index (χ0v) is 20.3. The number of rotatable bonds is 8. The molecule has 2 aliphatic rings. The first kappa shape index (κ1) is 24.8. The number of piperidine rings is 1. The molecular formula is C19H29Br2N5O4. The quantitative estimate of drug-likeness (QED) is 0.484. The Kier molecular flexibility index (Phi) is 8.86. The van der Waals surface area contributed by atoms with Crippen LogP contribution in [0, 0.1) is 5.92 Å². The van der Waals surface area contributed by atoms with Gasteiger partial charge in [0, 0.05) is 32.5 Å². The van der Waals surface area contributed by atoms with Crippen molar-refractivity contribution in [1.29, 1.82) is 0 Å². The van der Waals surface area contributed by atoms with Crippen LogP contribution in [-0.4, -0.2) is 42.9 Å². The highest BCUT2D eigenvalue weighted by Gasteiger charge is 2.26. The highest BCUT2D eigenvalue weighted by Crippen LogP contribution is 2.22. The summed E-state index contributed by atoms with van der Waals surface area (Å²) in [6.07, 6.45) is 5.19. The van der Waals surface area contributed by atoms with E-state index in [4.69, 9.17) is 5.11 Å². The van der Waals surface area contributed by atoms with Gasteiger partial charge in [-0.15, -0.1) is 34.0 Å². The van der Waals surface area contributed by atoms with Gasteiger partial charge < -0.3 is 15.0 Å². The maximum Gasteiger partial charge on any atom is 0.332 e. The highest BCUT2D eigenvalue weighted by atomic mass is 79.9. The van der Waals surface area contributed by atoms with E-state index in [1.807, 2.05) is 4.57 Å². The molecule has 2 aromatic heterocycles. The van der Waals surface area contributed by atoms with E-state index < -0.39 is 5.97 Å². The summed E-state index contributed by atoms with van der Waals surface area (Å²) in [6.45, 7) is 3.59. The number of nitrogens with zero attached hydrogens (tertiary/aromatic N) is 4. The number of carbonyl (C=O) groups is 1. The lowest BCUT2D eigenvalue weighted by atomic mass is 9.93. The van der Waals surface area contributed by atoms with Gasteiger partial charge in [0.25, 0.3) is 5.56 Å². The van der Waals surface area contributed by atoms with Crippen molar-refractivity contribution in [3.8, 4) is 0 Å². The van der Waals surface area contributed by atoms with E-state index in [2.05, 4.69) is 10.3 Å². The van der Waals surface area contributed by atoms with E-state index in [-0.39, 0.29) is 58.2 Å². The molecule has 0 aliphatic carbocycles. The first-order valence-corrected chi connectivity index (χ1v) is 10.2. The molecule has 11 heteroatoms. The molecule has 2 aromatic rings. The van der Waals surface area contributed by atoms with Crippen molar-refractivity contribution in [2.24, 2.45) is 5.92 Å². The summed E-state index contributed by atoms with van der Waals surface area (Å²) >= 11 is 0. The third-order valence-corrected chi connectivity index (χ3v) is 5.99. The number of carboxylic acids is 1. The molecule has 1 saturated heterocycles. The number of halogens is 2. The fourth-order valence-corrected chi connectivity index (χ4v) is 4.43. The van der Waals surface area contributed by atoms with Crippen LogP contribution in [0.2, 0.25) is 0 Å². The predicted molar refractivity (Wildman–Crippen MR) is 124 cm³/mol. The van der Waals surface area contributed by atoms with Crippen LogP contribution in [0.3, 0.4) is 0 Å². The summed E-state index contributed by atoms with van der Waals surface area (Å²) < 4.78 is 4.91. The molecule has 0 atom stereocenters. The summed E-state index contributed by atoms with van der Waals surface area (Å²) in [5, 5.41) is 12.1. The third kappa shape index (κ3) is 4.88. The van der Waals surface area contributed by atoms with Gasteiger partial charge in [-0.25, -0.2) is 9.78 Å². The average molecular weight is 551 g/mol. The highest BCUT2D eigenvalue weighted by molar-refractivity contribution is 8.93.